The molecular formula is C21H23ClN2O3S3. The van der Waals surface area contributed by atoms with Crippen molar-refractivity contribution in [1.82, 2.24) is 5.32 Å². The Bertz CT molecular complexity index is 990. The van der Waals surface area contributed by atoms with Gasteiger partial charge in [0.15, 0.2) is 5.11 Å². The zero-order valence-corrected chi connectivity index (χ0v) is 20.2. The molecule has 1 aliphatic carbocycles. The van der Waals surface area contributed by atoms with Crippen molar-refractivity contribution >= 4 is 68.9 Å². The first-order valence-electron chi connectivity index (χ1n) is 9.61. The van der Waals surface area contributed by atoms with Gasteiger partial charge in [-0.25, -0.2) is 4.79 Å². The Balaban J connectivity index is 1.81. The number of nitrogens with one attached hydrogen (secondary N) is 2. The number of thioether (sulfide) groups is 1. The fourth-order valence-electron chi connectivity index (χ4n) is 3.37. The second-order valence-corrected chi connectivity index (χ2v) is 9.83. The van der Waals surface area contributed by atoms with Crippen molar-refractivity contribution in [2.45, 2.75) is 38.0 Å². The summed E-state index contributed by atoms with van der Waals surface area (Å²) in [6, 6.07) is 5.26. The number of carbonyl (C=O) groups excluding carboxylic acids is 2. The maximum absolute atomic E-state index is 12.7. The van der Waals surface area contributed by atoms with Gasteiger partial charge in [-0.3, -0.25) is 10.1 Å². The number of halogens is 1. The fraction of sp³-hybridized carbons (Fsp3) is 0.381. The molecule has 1 aliphatic rings. The molecule has 0 bridgehead atoms. The topological polar surface area (TPSA) is 67.4 Å². The van der Waals surface area contributed by atoms with Gasteiger partial charge in [-0.15, -0.1) is 23.1 Å². The molecular weight excluding hydrogens is 460 g/mol. The average molecular weight is 483 g/mol. The molecule has 5 nitrogen and oxygen atoms in total. The second-order valence-electron chi connectivity index (χ2n) is 7.03. The number of anilines is 1. The number of rotatable bonds is 5. The summed E-state index contributed by atoms with van der Waals surface area (Å²) >= 11 is 14.6. The number of thiophene rings is 1. The van der Waals surface area contributed by atoms with Gasteiger partial charge in [0.2, 0.25) is 0 Å². The molecule has 3 rings (SSSR count). The minimum Gasteiger partial charge on any atom is -0.462 e. The van der Waals surface area contributed by atoms with Crippen LogP contribution < -0.4 is 10.6 Å². The van der Waals surface area contributed by atoms with Crippen molar-refractivity contribution < 1.29 is 14.3 Å². The molecule has 1 atom stereocenters. The van der Waals surface area contributed by atoms with Crippen molar-refractivity contribution in [3.63, 3.8) is 0 Å². The number of hydrogen-bond donors (Lipinski definition) is 2. The highest BCUT2D eigenvalue weighted by molar-refractivity contribution is 7.98. The van der Waals surface area contributed by atoms with E-state index in [-0.39, 0.29) is 11.1 Å². The van der Waals surface area contributed by atoms with Crippen LogP contribution in [0.3, 0.4) is 0 Å². The third-order valence-corrected chi connectivity index (χ3v) is 7.29. The number of fused-ring (bicyclic) bond motifs is 1. The molecule has 1 aromatic heterocycles. The molecule has 0 aliphatic heterocycles. The lowest BCUT2D eigenvalue weighted by Gasteiger charge is -2.18. The third-order valence-electron chi connectivity index (χ3n) is 4.86. The normalized spacial score (nSPS) is 15.3. The van der Waals surface area contributed by atoms with Crippen molar-refractivity contribution in [3.8, 4) is 0 Å². The van der Waals surface area contributed by atoms with Gasteiger partial charge in [0.1, 0.15) is 5.00 Å². The minimum absolute atomic E-state index is 0.114. The van der Waals surface area contributed by atoms with E-state index in [1.165, 1.54) is 28.0 Å². The molecule has 0 saturated carbocycles. The monoisotopic (exact) mass is 482 g/mol. The van der Waals surface area contributed by atoms with Gasteiger partial charge in [-0.2, -0.15) is 0 Å². The maximum atomic E-state index is 12.7. The Morgan fingerprint density at radius 3 is 2.87 bits per heavy atom. The summed E-state index contributed by atoms with van der Waals surface area (Å²) in [6.07, 6.45) is 4.71. The van der Waals surface area contributed by atoms with Gasteiger partial charge in [0.05, 0.1) is 22.8 Å². The van der Waals surface area contributed by atoms with E-state index in [1.807, 2.05) is 12.3 Å². The van der Waals surface area contributed by atoms with E-state index in [2.05, 4.69) is 17.6 Å². The molecule has 1 amide bonds. The third kappa shape index (κ3) is 5.17. The summed E-state index contributed by atoms with van der Waals surface area (Å²) in [5.41, 5.74) is 1.91. The van der Waals surface area contributed by atoms with Crippen LogP contribution in [0.4, 0.5) is 5.00 Å². The van der Waals surface area contributed by atoms with Gasteiger partial charge >= 0.3 is 5.97 Å². The van der Waals surface area contributed by atoms with Gasteiger partial charge in [-0.05, 0) is 74.3 Å². The molecule has 1 heterocycles. The van der Waals surface area contributed by atoms with Crippen LogP contribution in [0.1, 0.15) is 51.4 Å². The molecule has 2 aromatic rings. The first kappa shape index (κ1) is 23.1. The number of esters is 1. The molecule has 0 unspecified atom stereocenters. The smallest absolute Gasteiger partial charge is 0.341 e. The van der Waals surface area contributed by atoms with Crippen LogP contribution in [-0.4, -0.2) is 29.9 Å². The van der Waals surface area contributed by atoms with E-state index < -0.39 is 5.91 Å². The first-order chi connectivity index (χ1) is 14.3. The zero-order valence-electron chi connectivity index (χ0n) is 17.0. The molecule has 0 saturated heterocycles. The molecule has 0 fully saturated rings. The van der Waals surface area contributed by atoms with Gasteiger partial charge in [0, 0.05) is 9.77 Å². The number of ether oxygens (including phenoxy) is 1. The van der Waals surface area contributed by atoms with E-state index in [4.69, 9.17) is 28.6 Å². The van der Waals surface area contributed by atoms with Crippen LogP contribution >= 0.6 is 46.9 Å². The molecule has 0 spiro atoms. The average Bonchev–Trinajstić information content (AvgIpc) is 3.04. The summed E-state index contributed by atoms with van der Waals surface area (Å²) in [4.78, 5) is 27.4. The standard InChI is InChI=1S/C21H23ClN2O3S3/c1-4-27-20(26)17-13-7-5-11(2)9-16(13)30-19(17)24-21(28)23-18(25)14-10-12(29-3)6-8-15(14)22/h6,8,10-11H,4-5,7,9H2,1-3H3,(H2,23,24,25,28)/t11-/m1/s1. The SMILES string of the molecule is CCOC(=O)c1c(NC(=S)NC(=O)c2cc(SC)ccc2Cl)sc2c1CC[C@@H](C)C2. The second kappa shape index (κ2) is 10.1. The highest BCUT2D eigenvalue weighted by Gasteiger charge is 2.29. The molecule has 0 radical (unpaired) electrons. The molecule has 1 aromatic carbocycles. The van der Waals surface area contributed by atoms with Crippen molar-refractivity contribution in [3.05, 3.63) is 44.8 Å². The summed E-state index contributed by atoms with van der Waals surface area (Å²) in [5, 5.41) is 6.78. The fourth-order valence-corrected chi connectivity index (χ4v) is 5.67. The Labute approximate surface area is 194 Å². The summed E-state index contributed by atoms with van der Waals surface area (Å²) < 4.78 is 5.27. The lowest BCUT2D eigenvalue weighted by Crippen LogP contribution is -2.34. The van der Waals surface area contributed by atoms with E-state index in [0.29, 0.717) is 33.7 Å². The molecule has 2 N–H and O–H groups in total. The maximum Gasteiger partial charge on any atom is 0.341 e. The summed E-state index contributed by atoms with van der Waals surface area (Å²) in [5.74, 6) is -0.200. The van der Waals surface area contributed by atoms with Crippen LogP contribution in [0.15, 0.2) is 23.1 Å². The molecule has 9 heteroatoms. The number of carbonyl (C=O) groups is 2. The van der Waals surface area contributed by atoms with Crippen molar-refractivity contribution in [2.24, 2.45) is 5.92 Å². The van der Waals surface area contributed by atoms with Crippen LogP contribution in [0, 0.1) is 5.92 Å². The van der Waals surface area contributed by atoms with E-state index in [0.717, 1.165) is 29.7 Å². The predicted molar refractivity (Wildman–Crippen MR) is 128 cm³/mol. The first-order valence-corrected chi connectivity index (χ1v) is 12.4. The van der Waals surface area contributed by atoms with Gasteiger partial charge in [0.25, 0.3) is 5.91 Å². The lowest BCUT2D eigenvalue weighted by atomic mass is 9.88. The highest BCUT2D eigenvalue weighted by atomic mass is 35.5. The lowest BCUT2D eigenvalue weighted by molar-refractivity contribution is 0.0526. The Morgan fingerprint density at radius 1 is 1.40 bits per heavy atom. The molecule has 160 valence electrons. The Kier molecular flexibility index (Phi) is 7.79. The zero-order chi connectivity index (χ0) is 21.8. The summed E-state index contributed by atoms with van der Waals surface area (Å²) in [7, 11) is 0. The van der Waals surface area contributed by atoms with Crippen LogP contribution in [0.25, 0.3) is 0 Å². The Hall–Kier alpha value is -1.61. The van der Waals surface area contributed by atoms with E-state index >= 15 is 0 Å². The predicted octanol–water partition coefficient (Wildman–Crippen LogP) is 5.55. The van der Waals surface area contributed by atoms with E-state index in [9.17, 15) is 9.59 Å². The van der Waals surface area contributed by atoms with Crippen LogP contribution in [-0.2, 0) is 17.6 Å². The molecule has 30 heavy (non-hydrogen) atoms. The largest absolute Gasteiger partial charge is 0.462 e. The van der Waals surface area contributed by atoms with Gasteiger partial charge < -0.3 is 10.1 Å². The van der Waals surface area contributed by atoms with Crippen molar-refractivity contribution in [1.29, 1.82) is 0 Å². The van der Waals surface area contributed by atoms with Gasteiger partial charge in [-0.1, -0.05) is 18.5 Å². The number of amides is 1. The van der Waals surface area contributed by atoms with Crippen LogP contribution in [0.5, 0.6) is 0 Å². The number of thiocarbonyl (C=S) groups is 1. The quantitative estimate of drug-likeness (QED) is 0.331. The highest BCUT2D eigenvalue weighted by Crippen LogP contribution is 2.40. The van der Waals surface area contributed by atoms with Crippen molar-refractivity contribution in [2.75, 3.05) is 18.2 Å². The minimum atomic E-state index is -0.402. The number of hydrogen-bond acceptors (Lipinski definition) is 6. The Morgan fingerprint density at radius 2 is 2.17 bits per heavy atom. The van der Waals surface area contributed by atoms with Crippen LogP contribution in [0.2, 0.25) is 5.02 Å². The number of benzene rings is 1. The summed E-state index contributed by atoms with van der Waals surface area (Å²) in [6.45, 7) is 4.28. The van der Waals surface area contributed by atoms with E-state index in [1.54, 1.807) is 19.1 Å².